The average Bonchev–Trinajstić information content (AvgIpc) is 2.11. The van der Waals surface area contributed by atoms with E-state index >= 15 is 0 Å². The molecule has 0 aliphatic carbocycles. The molecule has 1 N–H and O–H groups in total. The molecular weight excluding hydrogens is 180 g/mol. The van der Waals surface area contributed by atoms with Crippen LogP contribution in [0.25, 0.3) is 0 Å². The molecule has 0 radical (unpaired) electrons. The number of aromatic nitrogens is 1. The van der Waals surface area contributed by atoms with Gasteiger partial charge in [-0.2, -0.15) is 11.8 Å². The summed E-state index contributed by atoms with van der Waals surface area (Å²) in [6.45, 7) is 1.08. The van der Waals surface area contributed by atoms with Crippen LogP contribution in [-0.2, 0) is 6.42 Å². The molecule has 1 fully saturated rings. The zero-order valence-electron chi connectivity index (χ0n) is 7.57. The Kier molecular flexibility index (Phi) is 3.22. The van der Waals surface area contributed by atoms with Crippen LogP contribution in [0, 0.1) is 0 Å². The lowest BCUT2D eigenvalue weighted by atomic mass is 10.2. The lowest BCUT2D eigenvalue weighted by molar-refractivity contribution is 0.584. The zero-order chi connectivity index (χ0) is 8.93. The molecule has 0 saturated carbocycles. The van der Waals surface area contributed by atoms with E-state index in [2.05, 4.69) is 16.4 Å². The third-order valence-corrected chi connectivity index (χ3v) is 3.48. The highest BCUT2D eigenvalue weighted by Gasteiger charge is 2.16. The van der Waals surface area contributed by atoms with E-state index in [0.717, 1.165) is 19.0 Å². The molecule has 1 saturated heterocycles. The Labute approximate surface area is 83.1 Å². The average molecular weight is 194 g/mol. The van der Waals surface area contributed by atoms with E-state index in [4.69, 9.17) is 0 Å². The van der Waals surface area contributed by atoms with Gasteiger partial charge in [0.2, 0.25) is 0 Å². The molecule has 1 aliphatic rings. The van der Waals surface area contributed by atoms with Crippen LogP contribution in [0.3, 0.4) is 0 Å². The number of thioether (sulfide) groups is 1. The van der Waals surface area contributed by atoms with Gasteiger partial charge in [-0.3, -0.25) is 4.98 Å². The van der Waals surface area contributed by atoms with Gasteiger partial charge >= 0.3 is 0 Å². The molecule has 3 heteroatoms. The Morgan fingerprint density at radius 3 is 3.08 bits per heavy atom. The number of nitrogens with one attached hydrogen (secondary N) is 1. The molecule has 1 aromatic heterocycles. The first-order valence-corrected chi connectivity index (χ1v) is 5.80. The number of nitrogens with zero attached hydrogens (tertiary/aromatic N) is 1. The number of hydrogen-bond acceptors (Lipinski definition) is 3. The van der Waals surface area contributed by atoms with Crippen molar-refractivity contribution in [2.45, 2.75) is 12.5 Å². The van der Waals surface area contributed by atoms with E-state index in [9.17, 15) is 0 Å². The summed E-state index contributed by atoms with van der Waals surface area (Å²) in [7, 11) is 0. The fourth-order valence-corrected chi connectivity index (χ4v) is 2.03. The van der Waals surface area contributed by atoms with Gasteiger partial charge in [-0.25, -0.2) is 0 Å². The first kappa shape index (κ1) is 9.03. The third-order valence-electron chi connectivity index (χ3n) is 2.21. The summed E-state index contributed by atoms with van der Waals surface area (Å²) in [6.07, 6.45) is 4.85. The van der Waals surface area contributed by atoms with Gasteiger partial charge in [-0.15, -0.1) is 0 Å². The summed E-state index contributed by atoms with van der Waals surface area (Å²) in [5.74, 6) is 2.57. The normalized spacial score (nSPS) is 16.9. The fourth-order valence-electron chi connectivity index (χ4n) is 1.32. The van der Waals surface area contributed by atoms with Crippen molar-refractivity contribution >= 4 is 11.8 Å². The zero-order valence-corrected chi connectivity index (χ0v) is 8.39. The maximum atomic E-state index is 4.08. The third kappa shape index (κ3) is 2.71. The van der Waals surface area contributed by atoms with Crippen LogP contribution in [0.15, 0.2) is 24.5 Å². The topological polar surface area (TPSA) is 24.9 Å². The Morgan fingerprint density at radius 2 is 2.46 bits per heavy atom. The predicted molar refractivity (Wildman–Crippen MR) is 57.1 cm³/mol. The molecule has 1 aromatic rings. The van der Waals surface area contributed by atoms with E-state index in [-0.39, 0.29) is 0 Å². The van der Waals surface area contributed by atoms with Crippen LogP contribution >= 0.6 is 11.8 Å². The van der Waals surface area contributed by atoms with Crippen LogP contribution in [0.2, 0.25) is 0 Å². The van der Waals surface area contributed by atoms with Crippen molar-refractivity contribution in [3.05, 3.63) is 30.1 Å². The van der Waals surface area contributed by atoms with E-state index in [1.807, 2.05) is 30.2 Å². The van der Waals surface area contributed by atoms with Gasteiger partial charge in [-0.05, 0) is 24.6 Å². The molecule has 70 valence electrons. The standard InChI is InChI=1S/C10H14N2S/c1-2-9(6-11-4-1)3-5-12-10-7-13-8-10/h1-2,4,6,10,12H,3,5,7-8H2. The summed E-state index contributed by atoms with van der Waals surface area (Å²) in [6, 6.07) is 4.89. The van der Waals surface area contributed by atoms with Crippen molar-refractivity contribution in [1.29, 1.82) is 0 Å². The second-order valence-corrected chi connectivity index (χ2v) is 4.37. The predicted octanol–water partition coefficient (Wildman–Crippen LogP) is 1.33. The SMILES string of the molecule is c1cncc(CCNC2CSC2)c1. The largest absolute Gasteiger partial charge is 0.312 e. The molecule has 0 atom stereocenters. The van der Waals surface area contributed by atoms with Crippen LogP contribution in [0.5, 0.6) is 0 Å². The molecule has 2 nitrogen and oxygen atoms in total. The molecule has 2 heterocycles. The van der Waals surface area contributed by atoms with E-state index in [1.165, 1.54) is 17.1 Å². The maximum Gasteiger partial charge on any atom is 0.0300 e. The lowest BCUT2D eigenvalue weighted by Gasteiger charge is -2.25. The number of hydrogen-bond donors (Lipinski definition) is 1. The second-order valence-electron chi connectivity index (χ2n) is 3.30. The van der Waals surface area contributed by atoms with Crippen molar-refractivity contribution in [3.63, 3.8) is 0 Å². The highest BCUT2D eigenvalue weighted by molar-refractivity contribution is 8.00. The van der Waals surface area contributed by atoms with Gasteiger partial charge < -0.3 is 5.32 Å². The number of rotatable bonds is 4. The Balaban J connectivity index is 1.67. The molecule has 0 spiro atoms. The first-order valence-electron chi connectivity index (χ1n) is 4.65. The lowest BCUT2D eigenvalue weighted by Crippen LogP contribution is -2.41. The van der Waals surface area contributed by atoms with Crippen molar-refractivity contribution in [3.8, 4) is 0 Å². The van der Waals surface area contributed by atoms with Gasteiger partial charge in [0.05, 0.1) is 0 Å². The Hall–Kier alpha value is -0.540. The minimum absolute atomic E-state index is 0.765. The van der Waals surface area contributed by atoms with Crippen molar-refractivity contribution in [2.75, 3.05) is 18.1 Å². The van der Waals surface area contributed by atoms with Gasteiger partial charge in [0.25, 0.3) is 0 Å². The van der Waals surface area contributed by atoms with Gasteiger partial charge in [-0.1, -0.05) is 6.07 Å². The van der Waals surface area contributed by atoms with Crippen molar-refractivity contribution in [2.24, 2.45) is 0 Å². The van der Waals surface area contributed by atoms with Crippen LogP contribution in [0.1, 0.15) is 5.56 Å². The van der Waals surface area contributed by atoms with E-state index in [0.29, 0.717) is 0 Å². The quantitative estimate of drug-likeness (QED) is 0.782. The summed E-state index contributed by atoms with van der Waals surface area (Å²) in [4.78, 5) is 4.08. The molecule has 1 aliphatic heterocycles. The highest BCUT2D eigenvalue weighted by atomic mass is 32.2. The molecule has 0 unspecified atom stereocenters. The molecular formula is C10H14N2S. The molecule has 0 aromatic carbocycles. The summed E-state index contributed by atoms with van der Waals surface area (Å²) >= 11 is 2.02. The minimum Gasteiger partial charge on any atom is -0.312 e. The summed E-state index contributed by atoms with van der Waals surface area (Å²) < 4.78 is 0. The fraction of sp³-hybridized carbons (Fsp3) is 0.500. The van der Waals surface area contributed by atoms with Crippen molar-refractivity contribution < 1.29 is 0 Å². The van der Waals surface area contributed by atoms with E-state index in [1.54, 1.807) is 0 Å². The summed E-state index contributed by atoms with van der Waals surface area (Å²) in [5.41, 5.74) is 1.32. The molecule has 2 rings (SSSR count). The Bertz CT molecular complexity index is 246. The molecule has 13 heavy (non-hydrogen) atoms. The van der Waals surface area contributed by atoms with E-state index < -0.39 is 0 Å². The van der Waals surface area contributed by atoms with Gasteiger partial charge in [0.1, 0.15) is 0 Å². The number of pyridine rings is 1. The Morgan fingerprint density at radius 1 is 1.54 bits per heavy atom. The maximum absolute atomic E-state index is 4.08. The van der Waals surface area contributed by atoms with Crippen LogP contribution in [-0.4, -0.2) is 29.1 Å². The van der Waals surface area contributed by atoms with Crippen molar-refractivity contribution in [1.82, 2.24) is 10.3 Å². The second kappa shape index (κ2) is 4.63. The highest BCUT2D eigenvalue weighted by Crippen LogP contribution is 2.16. The monoisotopic (exact) mass is 194 g/mol. The van der Waals surface area contributed by atoms with Gasteiger partial charge in [0, 0.05) is 29.9 Å². The van der Waals surface area contributed by atoms with Crippen LogP contribution < -0.4 is 5.32 Å². The molecule has 0 amide bonds. The van der Waals surface area contributed by atoms with Gasteiger partial charge in [0.15, 0.2) is 0 Å². The summed E-state index contributed by atoms with van der Waals surface area (Å²) in [5, 5.41) is 3.52. The molecule has 0 bridgehead atoms. The first-order chi connectivity index (χ1) is 6.45. The smallest absolute Gasteiger partial charge is 0.0300 e. The minimum atomic E-state index is 0.765. The van der Waals surface area contributed by atoms with Crippen LogP contribution in [0.4, 0.5) is 0 Å².